The number of carbonyl (C=O) groups excluding carboxylic acids is 1. The fourth-order valence-corrected chi connectivity index (χ4v) is 3.90. The summed E-state index contributed by atoms with van der Waals surface area (Å²) in [6.45, 7) is 3.24. The summed E-state index contributed by atoms with van der Waals surface area (Å²) in [6.07, 6.45) is 4.12. The van der Waals surface area contributed by atoms with Crippen molar-refractivity contribution in [2.75, 3.05) is 26.2 Å². The molecular weight excluding hydrogens is 392 g/mol. The van der Waals surface area contributed by atoms with Crippen molar-refractivity contribution in [1.82, 2.24) is 5.32 Å². The summed E-state index contributed by atoms with van der Waals surface area (Å²) in [7, 11) is 0. The predicted molar refractivity (Wildman–Crippen MR) is 117 cm³/mol. The molecule has 0 bridgehead atoms. The largest absolute Gasteiger partial charge is 0.489 e. The summed E-state index contributed by atoms with van der Waals surface area (Å²) in [5, 5.41) is 3.00. The van der Waals surface area contributed by atoms with Crippen LogP contribution < -0.4 is 19.7 Å². The van der Waals surface area contributed by atoms with Gasteiger partial charge in [-0.3, -0.25) is 4.79 Å². The Morgan fingerprint density at radius 2 is 1.65 bits per heavy atom. The molecule has 1 atom stereocenters. The van der Waals surface area contributed by atoms with Crippen molar-refractivity contribution >= 4 is 5.91 Å². The van der Waals surface area contributed by atoms with Crippen LogP contribution in [-0.4, -0.2) is 32.1 Å². The van der Waals surface area contributed by atoms with Crippen LogP contribution in [0, 0.1) is 0 Å². The zero-order chi connectivity index (χ0) is 21.3. The van der Waals surface area contributed by atoms with E-state index in [9.17, 15) is 4.79 Å². The van der Waals surface area contributed by atoms with E-state index in [-0.39, 0.29) is 18.6 Å². The third-order valence-corrected chi connectivity index (χ3v) is 5.57. The van der Waals surface area contributed by atoms with Crippen molar-refractivity contribution in [3.05, 3.63) is 84.3 Å². The molecule has 1 fully saturated rings. The molecule has 2 aromatic carbocycles. The molecule has 1 aromatic heterocycles. The van der Waals surface area contributed by atoms with Gasteiger partial charge in [-0.1, -0.05) is 30.3 Å². The molecule has 31 heavy (non-hydrogen) atoms. The zero-order valence-electron chi connectivity index (χ0n) is 17.6. The number of hydrogen-bond acceptors (Lipinski definition) is 4. The Kier molecular flexibility index (Phi) is 7.24. The van der Waals surface area contributed by atoms with E-state index < -0.39 is 0 Å². The lowest BCUT2D eigenvalue weighted by Crippen LogP contribution is -3.11. The van der Waals surface area contributed by atoms with E-state index in [1.807, 2.05) is 66.7 Å². The normalized spacial score (nSPS) is 14.8. The van der Waals surface area contributed by atoms with Gasteiger partial charge in [0.15, 0.2) is 18.4 Å². The molecule has 0 unspecified atom stereocenters. The molecule has 3 aromatic rings. The Bertz CT molecular complexity index is 920. The Balaban J connectivity index is 1.22. The van der Waals surface area contributed by atoms with Crippen LogP contribution in [-0.2, 0) is 11.4 Å². The molecule has 2 heterocycles. The second kappa shape index (κ2) is 10.7. The minimum Gasteiger partial charge on any atom is -0.489 e. The number of ether oxygens (including phenoxy) is 2. The van der Waals surface area contributed by atoms with Crippen molar-refractivity contribution in [2.45, 2.75) is 25.5 Å². The first kappa shape index (κ1) is 21.0. The van der Waals surface area contributed by atoms with Crippen LogP contribution >= 0.6 is 0 Å². The van der Waals surface area contributed by atoms with Gasteiger partial charge in [-0.2, -0.15) is 0 Å². The van der Waals surface area contributed by atoms with Crippen molar-refractivity contribution in [3.8, 4) is 11.5 Å². The van der Waals surface area contributed by atoms with Crippen LogP contribution in [0.25, 0.3) is 0 Å². The average Bonchev–Trinajstić information content (AvgIpc) is 3.53. The SMILES string of the molecule is O=C(COc1ccc(OCc2ccccc2)cc1)NC[C@@H](c1ccco1)[NH+]1CCCC1. The number of likely N-dealkylation sites (tertiary alicyclic amines) is 1. The maximum absolute atomic E-state index is 12.3. The lowest BCUT2D eigenvalue weighted by molar-refractivity contribution is -0.919. The first-order chi connectivity index (χ1) is 15.3. The number of nitrogens with one attached hydrogen (secondary N) is 2. The first-order valence-electron chi connectivity index (χ1n) is 10.8. The van der Waals surface area contributed by atoms with Crippen LogP contribution in [0.5, 0.6) is 11.5 Å². The molecule has 0 spiro atoms. The lowest BCUT2D eigenvalue weighted by atomic mass is 10.2. The monoisotopic (exact) mass is 421 g/mol. The molecule has 0 radical (unpaired) electrons. The number of hydrogen-bond donors (Lipinski definition) is 2. The Labute approximate surface area is 182 Å². The van der Waals surface area contributed by atoms with Crippen LogP contribution in [0.2, 0.25) is 0 Å². The molecule has 162 valence electrons. The smallest absolute Gasteiger partial charge is 0.258 e. The minimum atomic E-state index is -0.139. The minimum absolute atomic E-state index is 0.0234. The number of quaternary nitrogens is 1. The fraction of sp³-hybridized carbons (Fsp3) is 0.320. The summed E-state index contributed by atoms with van der Waals surface area (Å²) in [4.78, 5) is 13.8. The van der Waals surface area contributed by atoms with Gasteiger partial charge in [0.1, 0.15) is 18.1 Å². The van der Waals surface area contributed by atoms with Crippen LogP contribution in [0.15, 0.2) is 77.4 Å². The third kappa shape index (κ3) is 6.12. The zero-order valence-corrected chi connectivity index (χ0v) is 17.6. The van der Waals surface area contributed by atoms with E-state index in [0.29, 0.717) is 18.9 Å². The summed E-state index contributed by atoms with van der Waals surface area (Å²) < 4.78 is 17.0. The van der Waals surface area contributed by atoms with Gasteiger partial charge < -0.3 is 24.1 Å². The second-order valence-corrected chi connectivity index (χ2v) is 7.77. The summed E-state index contributed by atoms with van der Waals surface area (Å²) >= 11 is 0. The van der Waals surface area contributed by atoms with Gasteiger partial charge in [-0.15, -0.1) is 0 Å². The van der Waals surface area contributed by atoms with Crippen LogP contribution in [0.3, 0.4) is 0 Å². The standard InChI is InChI=1S/C25H28N2O4/c28-25(26-17-23(24-9-6-16-29-24)27-14-4-5-15-27)19-31-22-12-10-21(11-13-22)30-18-20-7-2-1-3-8-20/h1-3,6-13,16,23H,4-5,14-15,17-19H2,(H,26,28)/p+1/t23-/m0/s1. The van der Waals surface area contributed by atoms with E-state index in [1.165, 1.54) is 17.7 Å². The Morgan fingerprint density at radius 1 is 0.935 bits per heavy atom. The summed E-state index contributed by atoms with van der Waals surface area (Å²) in [6, 6.07) is 21.4. The van der Waals surface area contributed by atoms with E-state index in [1.54, 1.807) is 6.26 Å². The number of benzene rings is 2. The van der Waals surface area contributed by atoms with Gasteiger partial charge in [-0.25, -0.2) is 0 Å². The van der Waals surface area contributed by atoms with Crippen molar-refractivity contribution in [2.24, 2.45) is 0 Å². The maximum atomic E-state index is 12.3. The van der Waals surface area contributed by atoms with Gasteiger partial charge >= 0.3 is 0 Å². The van der Waals surface area contributed by atoms with Gasteiger partial charge in [-0.05, 0) is 42.0 Å². The van der Waals surface area contributed by atoms with Gasteiger partial charge in [0, 0.05) is 12.8 Å². The summed E-state index contributed by atoms with van der Waals surface area (Å²) in [5.74, 6) is 2.18. The lowest BCUT2D eigenvalue weighted by Gasteiger charge is -2.23. The molecule has 2 N–H and O–H groups in total. The highest BCUT2D eigenvalue weighted by Gasteiger charge is 2.29. The van der Waals surface area contributed by atoms with E-state index >= 15 is 0 Å². The number of carbonyl (C=O) groups is 1. The van der Waals surface area contributed by atoms with Gasteiger partial charge in [0.05, 0.1) is 25.9 Å². The Hall–Kier alpha value is -3.25. The number of furan rings is 1. The molecule has 1 amide bonds. The third-order valence-electron chi connectivity index (χ3n) is 5.57. The van der Waals surface area contributed by atoms with Crippen molar-refractivity contribution < 1.29 is 23.6 Å². The highest BCUT2D eigenvalue weighted by Crippen LogP contribution is 2.18. The topological polar surface area (TPSA) is 65.1 Å². The molecule has 6 heteroatoms. The van der Waals surface area contributed by atoms with E-state index in [2.05, 4.69) is 5.32 Å². The highest BCUT2D eigenvalue weighted by molar-refractivity contribution is 5.77. The van der Waals surface area contributed by atoms with Crippen molar-refractivity contribution in [1.29, 1.82) is 0 Å². The van der Waals surface area contributed by atoms with Gasteiger partial charge in [0.2, 0.25) is 0 Å². The van der Waals surface area contributed by atoms with E-state index in [0.717, 1.165) is 30.2 Å². The summed E-state index contributed by atoms with van der Waals surface area (Å²) in [5.41, 5.74) is 1.11. The quantitative estimate of drug-likeness (QED) is 0.528. The predicted octanol–water partition coefficient (Wildman–Crippen LogP) is 2.77. The highest BCUT2D eigenvalue weighted by atomic mass is 16.5. The fourth-order valence-electron chi connectivity index (χ4n) is 3.90. The molecule has 6 nitrogen and oxygen atoms in total. The van der Waals surface area contributed by atoms with Crippen molar-refractivity contribution in [3.63, 3.8) is 0 Å². The number of rotatable bonds is 10. The van der Waals surface area contributed by atoms with Crippen LogP contribution in [0.1, 0.15) is 30.2 Å². The molecule has 1 saturated heterocycles. The van der Waals surface area contributed by atoms with E-state index in [4.69, 9.17) is 13.9 Å². The molecule has 4 rings (SSSR count). The van der Waals surface area contributed by atoms with Crippen LogP contribution in [0.4, 0.5) is 0 Å². The maximum Gasteiger partial charge on any atom is 0.258 e. The number of amides is 1. The molecule has 1 aliphatic rings. The first-order valence-corrected chi connectivity index (χ1v) is 10.8. The van der Waals surface area contributed by atoms with Gasteiger partial charge in [0.25, 0.3) is 5.91 Å². The molecule has 0 aliphatic carbocycles. The Morgan fingerprint density at radius 3 is 2.32 bits per heavy atom. The molecule has 0 saturated carbocycles. The second-order valence-electron chi connectivity index (χ2n) is 7.77. The molecule has 1 aliphatic heterocycles. The average molecular weight is 422 g/mol. The molecular formula is C25H29N2O4+.